The molecule has 4 amide bonds. The lowest BCUT2D eigenvalue weighted by molar-refractivity contribution is -0.135. The number of ether oxygens (including phenoxy) is 2. The van der Waals surface area contributed by atoms with E-state index in [0.29, 0.717) is 24.5 Å². The number of amides is 4. The molecule has 2 aliphatic heterocycles. The Bertz CT molecular complexity index is 1060. The molecule has 2 aromatic rings. The highest BCUT2D eigenvalue weighted by molar-refractivity contribution is 6.09. The molecule has 3 aliphatic rings. The Morgan fingerprint density at radius 2 is 1.90 bits per heavy atom. The molecule has 0 saturated carbocycles. The smallest absolute Gasteiger partial charge is 0.325 e. The molecule has 8 nitrogen and oxygen atoms in total. The standard InChI is InChI=1S/C23H23N3O5/c27-20(24-12-16-14-30-18-9-3-4-10-19(18)31-16)13-26-21(28)23(25-22(26)29)11-5-7-15-6-1-2-8-17(15)23/h1-4,6,8-10,16H,5,7,11-14H2,(H,24,27)(H,25,29). The first-order valence-electron chi connectivity index (χ1n) is 10.4. The number of para-hydroxylation sites is 2. The zero-order valence-electron chi connectivity index (χ0n) is 16.9. The number of aryl methyl sites for hydroxylation is 1. The number of hydrogen-bond donors (Lipinski definition) is 2. The zero-order valence-corrected chi connectivity index (χ0v) is 16.9. The fraction of sp³-hybridized carbons (Fsp3) is 0.348. The van der Waals surface area contributed by atoms with Crippen LogP contribution in [0.5, 0.6) is 11.5 Å². The lowest BCUT2D eigenvalue weighted by Gasteiger charge is -2.33. The van der Waals surface area contributed by atoms with Crippen molar-refractivity contribution in [3.63, 3.8) is 0 Å². The molecule has 5 rings (SSSR count). The molecule has 2 unspecified atom stereocenters. The van der Waals surface area contributed by atoms with Crippen molar-refractivity contribution in [2.75, 3.05) is 19.7 Å². The molecule has 2 N–H and O–H groups in total. The third-order valence-corrected chi connectivity index (χ3v) is 6.05. The van der Waals surface area contributed by atoms with Gasteiger partial charge in [-0.25, -0.2) is 4.79 Å². The number of carbonyl (C=O) groups is 3. The number of benzene rings is 2. The second-order valence-electron chi connectivity index (χ2n) is 8.04. The van der Waals surface area contributed by atoms with E-state index in [4.69, 9.17) is 9.47 Å². The third kappa shape index (κ3) is 3.37. The van der Waals surface area contributed by atoms with Gasteiger partial charge in [0.05, 0.1) is 6.54 Å². The Morgan fingerprint density at radius 3 is 2.77 bits per heavy atom. The Hall–Kier alpha value is -3.55. The normalized spacial score (nSPS) is 24.0. The largest absolute Gasteiger partial charge is 0.486 e. The van der Waals surface area contributed by atoms with Gasteiger partial charge in [-0.2, -0.15) is 0 Å². The van der Waals surface area contributed by atoms with Crippen molar-refractivity contribution in [2.24, 2.45) is 0 Å². The SMILES string of the molecule is O=C(CN1C(=O)NC2(CCCc3ccccc32)C1=O)NCC1COc2ccccc2O1. The number of nitrogens with one attached hydrogen (secondary N) is 2. The molecule has 2 aromatic carbocycles. The molecule has 1 aliphatic carbocycles. The first kappa shape index (κ1) is 19.4. The van der Waals surface area contributed by atoms with Gasteiger partial charge in [-0.15, -0.1) is 0 Å². The minimum atomic E-state index is -1.07. The van der Waals surface area contributed by atoms with Gasteiger partial charge < -0.3 is 20.1 Å². The number of fused-ring (bicyclic) bond motifs is 3. The molecular weight excluding hydrogens is 398 g/mol. The van der Waals surface area contributed by atoms with E-state index < -0.39 is 17.5 Å². The molecule has 1 saturated heterocycles. The highest BCUT2D eigenvalue weighted by Gasteiger charge is 2.54. The summed E-state index contributed by atoms with van der Waals surface area (Å²) in [7, 11) is 0. The van der Waals surface area contributed by atoms with Crippen molar-refractivity contribution in [1.82, 2.24) is 15.5 Å². The van der Waals surface area contributed by atoms with E-state index in [-0.39, 0.29) is 25.1 Å². The van der Waals surface area contributed by atoms with Crippen LogP contribution >= 0.6 is 0 Å². The van der Waals surface area contributed by atoms with Crippen LogP contribution in [0, 0.1) is 0 Å². The van der Waals surface area contributed by atoms with Crippen LogP contribution in [-0.4, -0.2) is 48.5 Å². The van der Waals surface area contributed by atoms with Crippen LogP contribution in [0.2, 0.25) is 0 Å². The number of urea groups is 1. The summed E-state index contributed by atoms with van der Waals surface area (Å²) in [6.07, 6.45) is 1.84. The van der Waals surface area contributed by atoms with Gasteiger partial charge in [0.1, 0.15) is 24.8 Å². The average Bonchev–Trinajstić information content (AvgIpc) is 3.02. The monoisotopic (exact) mass is 421 g/mol. The van der Waals surface area contributed by atoms with Crippen LogP contribution in [0.4, 0.5) is 4.79 Å². The van der Waals surface area contributed by atoms with Gasteiger partial charge >= 0.3 is 6.03 Å². The molecular formula is C23H23N3O5. The summed E-state index contributed by atoms with van der Waals surface area (Å²) in [5.74, 6) is 0.501. The quantitative estimate of drug-likeness (QED) is 0.733. The molecule has 1 fully saturated rings. The van der Waals surface area contributed by atoms with Crippen molar-refractivity contribution >= 4 is 17.8 Å². The van der Waals surface area contributed by atoms with Crippen LogP contribution < -0.4 is 20.1 Å². The molecule has 8 heteroatoms. The summed E-state index contributed by atoms with van der Waals surface area (Å²) in [5, 5.41) is 5.60. The van der Waals surface area contributed by atoms with Crippen molar-refractivity contribution in [3.8, 4) is 11.5 Å². The number of nitrogens with zero attached hydrogens (tertiary/aromatic N) is 1. The van der Waals surface area contributed by atoms with Crippen LogP contribution in [0.3, 0.4) is 0 Å². The van der Waals surface area contributed by atoms with Crippen molar-refractivity contribution < 1.29 is 23.9 Å². The molecule has 0 aromatic heterocycles. The highest BCUT2D eigenvalue weighted by atomic mass is 16.6. The molecule has 2 heterocycles. The van der Waals surface area contributed by atoms with E-state index in [1.165, 1.54) is 0 Å². The van der Waals surface area contributed by atoms with Gasteiger partial charge in [-0.1, -0.05) is 36.4 Å². The Labute approximate surface area is 179 Å². The summed E-state index contributed by atoms with van der Waals surface area (Å²) >= 11 is 0. The summed E-state index contributed by atoms with van der Waals surface area (Å²) in [4.78, 5) is 39.4. The summed E-state index contributed by atoms with van der Waals surface area (Å²) < 4.78 is 11.5. The Kier molecular flexibility index (Phi) is 4.77. The van der Waals surface area contributed by atoms with E-state index in [1.54, 1.807) is 6.07 Å². The lowest BCUT2D eigenvalue weighted by Crippen LogP contribution is -2.48. The van der Waals surface area contributed by atoms with Gasteiger partial charge in [0.2, 0.25) is 5.91 Å². The minimum absolute atomic E-state index is 0.213. The van der Waals surface area contributed by atoms with E-state index in [9.17, 15) is 14.4 Å². The maximum absolute atomic E-state index is 13.3. The second-order valence-corrected chi connectivity index (χ2v) is 8.04. The summed E-state index contributed by atoms with van der Waals surface area (Å²) in [5.41, 5.74) is 0.813. The molecule has 2 atom stereocenters. The van der Waals surface area contributed by atoms with Gasteiger partial charge in [-0.3, -0.25) is 14.5 Å². The first-order chi connectivity index (χ1) is 15.1. The van der Waals surface area contributed by atoms with Crippen LogP contribution in [-0.2, 0) is 21.5 Å². The Balaban J connectivity index is 1.23. The second kappa shape index (κ2) is 7.61. The minimum Gasteiger partial charge on any atom is -0.486 e. The van der Waals surface area contributed by atoms with E-state index in [2.05, 4.69) is 10.6 Å². The molecule has 1 spiro atoms. The maximum atomic E-state index is 13.3. The fourth-order valence-electron chi connectivity index (χ4n) is 4.55. The van der Waals surface area contributed by atoms with Crippen molar-refractivity contribution in [1.29, 1.82) is 0 Å². The number of rotatable bonds is 4. The van der Waals surface area contributed by atoms with Crippen molar-refractivity contribution in [3.05, 3.63) is 59.7 Å². The molecule has 0 bridgehead atoms. The Morgan fingerprint density at radius 1 is 1.13 bits per heavy atom. The van der Waals surface area contributed by atoms with E-state index >= 15 is 0 Å². The van der Waals surface area contributed by atoms with Gasteiger partial charge in [0.15, 0.2) is 11.5 Å². The topological polar surface area (TPSA) is 97.0 Å². The van der Waals surface area contributed by atoms with Crippen molar-refractivity contribution in [2.45, 2.75) is 30.9 Å². The predicted molar refractivity (Wildman–Crippen MR) is 111 cm³/mol. The van der Waals surface area contributed by atoms with Gasteiger partial charge in [0, 0.05) is 0 Å². The number of imide groups is 1. The van der Waals surface area contributed by atoms with Crippen LogP contribution in [0.25, 0.3) is 0 Å². The number of carbonyl (C=O) groups excluding carboxylic acids is 3. The zero-order chi connectivity index (χ0) is 21.4. The third-order valence-electron chi connectivity index (χ3n) is 6.05. The lowest BCUT2D eigenvalue weighted by atomic mass is 9.76. The van der Waals surface area contributed by atoms with E-state index in [1.807, 2.05) is 42.5 Å². The van der Waals surface area contributed by atoms with Crippen LogP contribution in [0.1, 0.15) is 24.0 Å². The van der Waals surface area contributed by atoms with Gasteiger partial charge in [0.25, 0.3) is 5.91 Å². The fourth-order valence-corrected chi connectivity index (χ4v) is 4.55. The summed E-state index contributed by atoms with van der Waals surface area (Å²) in [6, 6.07) is 14.5. The number of hydrogen-bond acceptors (Lipinski definition) is 5. The van der Waals surface area contributed by atoms with Gasteiger partial charge in [-0.05, 0) is 42.5 Å². The maximum Gasteiger partial charge on any atom is 0.325 e. The summed E-state index contributed by atoms with van der Waals surface area (Å²) in [6.45, 7) is 0.184. The molecule has 31 heavy (non-hydrogen) atoms. The molecule has 160 valence electrons. The van der Waals surface area contributed by atoms with Crippen LogP contribution in [0.15, 0.2) is 48.5 Å². The molecule has 0 radical (unpaired) electrons. The predicted octanol–water partition coefficient (Wildman–Crippen LogP) is 1.73. The first-order valence-corrected chi connectivity index (χ1v) is 10.4. The highest BCUT2D eigenvalue weighted by Crippen LogP contribution is 2.39. The average molecular weight is 421 g/mol. The van der Waals surface area contributed by atoms with E-state index in [0.717, 1.165) is 28.9 Å².